The van der Waals surface area contributed by atoms with Crippen molar-refractivity contribution in [2.75, 3.05) is 19.5 Å². The summed E-state index contributed by atoms with van der Waals surface area (Å²) >= 11 is 1.56. The summed E-state index contributed by atoms with van der Waals surface area (Å²) in [6.07, 6.45) is 5.65. The van der Waals surface area contributed by atoms with Gasteiger partial charge < -0.3 is 14.8 Å². The predicted molar refractivity (Wildman–Crippen MR) is 122 cm³/mol. The molecule has 4 rings (SSSR count). The third-order valence-electron chi connectivity index (χ3n) is 5.24. The van der Waals surface area contributed by atoms with Gasteiger partial charge in [-0.05, 0) is 61.1 Å². The molecule has 1 aromatic heterocycles. The molecule has 0 radical (unpaired) electrons. The molecule has 2 aromatic carbocycles. The van der Waals surface area contributed by atoms with E-state index < -0.39 is 0 Å². The number of carbonyl (C=O) groups excluding carboxylic acids is 1. The van der Waals surface area contributed by atoms with E-state index in [1.54, 1.807) is 62.1 Å². The van der Waals surface area contributed by atoms with Crippen molar-refractivity contribution in [3.8, 4) is 11.5 Å². The molecule has 0 bridgehead atoms. The van der Waals surface area contributed by atoms with E-state index >= 15 is 0 Å². The zero-order chi connectivity index (χ0) is 21.8. The maximum absolute atomic E-state index is 13.3. The fourth-order valence-electron chi connectivity index (χ4n) is 3.65. The molecule has 0 atom stereocenters. The van der Waals surface area contributed by atoms with Crippen molar-refractivity contribution in [2.45, 2.75) is 25.7 Å². The Morgan fingerprint density at radius 3 is 2.61 bits per heavy atom. The Hall–Kier alpha value is -3.19. The normalized spacial score (nSPS) is 13.1. The van der Waals surface area contributed by atoms with Gasteiger partial charge in [0.15, 0.2) is 0 Å². The number of fused-ring (bicyclic) bond motifs is 1. The van der Waals surface area contributed by atoms with Gasteiger partial charge in [-0.2, -0.15) is 0 Å². The number of aryl methyl sites for hydroxylation is 1. The Bertz CT molecular complexity index is 1120. The molecule has 31 heavy (non-hydrogen) atoms. The van der Waals surface area contributed by atoms with Crippen LogP contribution in [0.15, 0.2) is 47.5 Å². The molecule has 7 heteroatoms. The quantitative estimate of drug-likeness (QED) is 0.496. The third kappa shape index (κ3) is 4.61. The average molecular weight is 439 g/mol. The molecule has 1 aliphatic carbocycles. The highest BCUT2D eigenvalue weighted by molar-refractivity contribution is 7.16. The molecular formula is C24H23FN2O3S. The van der Waals surface area contributed by atoms with Crippen molar-refractivity contribution >= 4 is 34.1 Å². The first-order chi connectivity index (χ1) is 15.1. The lowest BCUT2D eigenvalue weighted by atomic mass is 9.95. The van der Waals surface area contributed by atoms with Gasteiger partial charge in [0.2, 0.25) is 0 Å². The first kappa shape index (κ1) is 21.1. The Morgan fingerprint density at radius 1 is 1.10 bits per heavy atom. The van der Waals surface area contributed by atoms with Crippen LogP contribution in [0.3, 0.4) is 0 Å². The van der Waals surface area contributed by atoms with Crippen LogP contribution in [0.4, 0.5) is 15.1 Å². The maximum Gasteiger partial charge on any atom is 0.259 e. The van der Waals surface area contributed by atoms with Crippen LogP contribution in [0.25, 0.3) is 0 Å². The van der Waals surface area contributed by atoms with E-state index in [9.17, 15) is 9.18 Å². The molecule has 1 heterocycles. The monoisotopic (exact) mass is 438 g/mol. The highest BCUT2D eigenvalue weighted by Crippen LogP contribution is 2.40. The minimum Gasteiger partial charge on any atom is -0.497 e. The molecule has 0 saturated carbocycles. The number of methoxy groups -OCH3 is 2. The van der Waals surface area contributed by atoms with E-state index in [-0.39, 0.29) is 11.7 Å². The fraction of sp³-hybridized carbons (Fsp3) is 0.250. The highest BCUT2D eigenvalue weighted by Gasteiger charge is 2.26. The number of ether oxygens (including phenoxy) is 2. The van der Waals surface area contributed by atoms with Gasteiger partial charge >= 0.3 is 0 Å². The topological polar surface area (TPSA) is 59.9 Å². The second-order valence-corrected chi connectivity index (χ2v) is 8.30. The van der Waals surface area contributed by atoms with Gasteiger partial charge in [0, 0.05) is 17.2 Å². The van der Waals surface area contributed by atoms with Crippen LogP contribution in [-0.2, 0) is 12.8 Å². The molecule has 5 nitrogen and oxygen atoms in total. The van der Waals surface area contributed by atoms with Crippen molar-refractivity contribution < 1.29 is 18.7 Å². The van der Waals surface area contributed by atoms with Crippen LogP contribution >= 0.6 is 11.3 Å². The molecule has 1 amide bonds. The number of thiophene rings is 1. The largest absolute Gasteiger partial charge is 0.497 e. The van der Waals surface area contributed by atoms with Crippen LogP contribution < -0.4 is 14.8 Å². The van der Waals surface area contributed by atoms with Gasteiger partial charge in [0.1, 0.15) is 22.3 Å². The van der Waals surface area contributed by atoms with Crippen molar-refractivity contribution in [1.82, 2.24) is 0 Å². The number of nitrogens with zero attached hydrogens (tertiary/aromatic N) is 1. The third-order valence-corrected chi connectivity index (χ3v) is 6.44. The number of nitrogens with one attached hydrogen (secondary N) is 1. The number of rotatable bonds is 6. The maximum atomic E-state index is 13.3. The van der Waals surface area contributed by atoms with E-state index in [0.717, 1.165) is 36.8 Å². The van der Waals surface area contributed by atoms with Crippen LogP contribution in [-0.4, -0.2) is 26.3 Å². The molecule has 1 aliphatic rings. The van der Waals surface area contributed by atoms with E-state index in [4.69, 9.17) is 9.47 Å². The first-order valence-electron chi connectivity index (χ1n) is 10.1. The summed E-state index contributed by atoms with van der Waals surface area (Å²) in [4.78, 5) is 19.1. The number of aliphatic imine (C=N–C) groups is 1. The van der Waals surface area contributed by atoms with Crippen molar-refractivity contribution in [3.63, 3.8) is 0 Å². The Balaban J connectivity index is 1.67. The minimum absolute atomic E-state index is 0.214. The Morgan fingerprint density at radius 2 is 1.87 bits per heavy atom. The summed E-state index contributed by atoms with van der Waals surface area (Å²) < 4.78 is 23.8. The van der Waals surface area contributed by atoms with Crippen LogP contribution in [0, 0.1) is 5.82 Å². The molecule has 160 valence electrons. The van der Waals surface area contributed by atoms with E-state index in [0.29, 0.717) is 27.8 Å². The zero-order valence-corrected chi connectivity index (χ0v) is 18.2. The smallest absolute Gasteiger partial charge is 0.259 e. The SMILES string of the molecule is COc1ccc(NC(=O)c2c(N=Cc3ccc(F)cc3)sc3c2CCCC3)c(OC)c1. The van der Waals surface area contributed by atoms with Crippen LogP contribution in [0.1, 0.15) is 39.2 Å². The van der Waals surface area contributed by atoms with E-state index in [1.165, 1.54) is 17.0 Å². The number of hydrogen-bond acceptors (Lipinski definition) is 5. The molecule has 3 aromatic rings. The van der Waals surface area contributed by atoms with E-state index in [1.807, 2.05) is 0 Å². The van der Waals surface area contributed by atoms with Gasteiger partial charge in [-0.15, -0.1) is 11.3 Å². The molecule has 0 fully saturated rings. The second kappa shape index (κ2) is 9.31. The van der Waals surface area contributed by atoms with Crippen LogP contribution in [0.2, 0.25) is 0 Å². The van der Waals surface area contributed by atoms with Crippen molar-refractivity contribution in [1.29, 1.82) is 0 Å². The number of amides is 1. The van der Waals surface area contributed by atoms with Crippen molar-refractivity contribution in [2.24, 2.45) is 4.99 Å². The summed E-state index contributed by atoms with van der Waals surface area (Å²) in [6, 6.07) is 11.4. The Kier molecular flexibility index (Phi) is 6.32. The lowest BCUT2D eigenvalue weighted by Gasteiger charge is -2.14. The van der Waals surface area contributed by atoms with Gasteiger partial charge in [-0.3, -0.25) is 4.79 Å². The number of halogens is 1. The van der Waals surface area contributed by atoms with Crippen molar-refractivity contribution in [3.05, 3.63) is 69.8 Å². The number of hydrogen-bond donors (Lipinski definition) is 1. The summed E-state index contributed by atoms with van der Waals surface area (Å²) in [5, 5.41) is 3.64. The summed E-state index contributed by atoms with van der Waals surface area (Å²) in [6.45, 7) is 0. The van der Waals surface area contributed by atoms with Gasteiger partial charge in [-0.1, -0.05) is 12.1 Å². The molecule has 1 N–H and O–H groups in total. The fourth-order valence-corrected chi connectivity index (χ4v) is 4.88. The first-order valence-corrected chi connectivity index (χ1v) is 10.9. The van der Waals surface area contributed by atoms with Crippen LogP contribution in [0.5, 0.6) is 11.5 Å². The van der Waals surface area contributed by atoms with Gasteiger partial charge in [0.25, 0.3) is 5.91 Å². The minimum atomic E-state index is -0.294. The highest BCUT2D eigenvalue weighted by atomic mass is 32.1. The Labute approximate surface area is 184 Å². The van der Waals surface area contributed by atoms with Gasteiger partial charge in [0.05, 0.1) is 25.5 Å². The zero-order valence-electron chi connectivity index (χ0n) is 17.4. The summed E-state index contributed by atoms with van der Waals surface area (Å²) in [5.74, 6) is 0.659. The predicted octanol–water partition coefficient (Wildman–Crippen LogP) is 5.79. The standard InChI is InChI=1S/C24H23FN2O3S/c1-29-17-11-12-19(20(13-17)30-2)27-23(28)22-18-5-3-4-6-21(18)31-24(22)26-14-15-7-9-16(25)10-8-15/h7-14H,3-6H2,1-2H3,(H,27,28). The molecule has 0 unspecified atom stereocenters. The molecule has 0 spiro atoms. The van der Waals surface area contributed by atoms with E-state index in [2.05, 4.69) is 10.3 Å². The number of anilines is 1. The molecule has 0 aliphatic heterocycles. The summed E-state index contributed by atoms with van der Waals surface area (Å²) in [5.41, 5.74) is 3.02. The lowest BCUT2D eigenvalue weighted by Crippen LogP contribution is -2.15. The summed E-state index contributed by atoms with van der Waals surface area (Å²) in [7, 11) is 3.13. The number of benzene rings is 2. The molecule has 0 saturated heterocycles. The lowest BCUT2D eigenvalue weighted by molar-refractivity contribution is 0.102. The molecular weight excluding hydrogens is 415 g/mol. The number of carbonyl (C=O) groups is 1. The average Bonchev–Trinajstić information content (AvgIpc) is 3.17. The second-order valence-electron chi connectivity index (χ2n) is 7.22. The van der Waals surface area contributed by atoms with Gasteiger partial charge in [-0.25, -0.2) is 9.38 Å².